The highest BCUT2D eigenvalue weighted by atomic mass is 16.6. The first-order valence-electron chi connectivity index (χ1n) is 11.8. The van der Waals surface area contributed by atoms with E-state index in [1.807, 2.05) is 0 Å². The van der Waals surface area contributed by atoms with Crippen LogP contribution in [0.3, 0.4) is 0 Å². The van der Waals surface area contributed by atoms with Crippen LogP contribution in [0.1, 0.15) is 81.6 Å². The normalized spacial score (nSPS) is 23.5. The van der Waals surface area contributed by atoms with Gasteiger partial charge in [-0.15, -0.1) is 0 Å². The van der Waals surface area contributed by atoms with E-state index in [1.54, 1.807) is 62.3 Å². The third-order valence-electron chi connectivity index (χ3n) is 5.51. The molecule has 2 saturated heterocycles. The number of ether oxygens (including phenoxy) is 4. The Kier molecular flexibility index (Phi) is 8.28. The lowest BCUT2D eigenvalue weighted by atomic mass is 9.92. The van der Waals surface area contributed by atoms with Gasteiger partial charge >= 0.3 is 18.2 Å². The van der Waals surface area contributed by atoms with Crippen molar-refractivity contribution in [3.05, 3.63) is 0 Å². The van der Waals surface area contributed by atoms with Crippen molar-refractivity contribution in [2.45, 2.75) is 111 Å². The molecule has 2 rings (SSSR count). The molecule has 0 aromatic rings. The van der Waals surface area contributed by atoms with E-state index in [0.717, 1.165) is 4.90 Å². The van der Waals surface area contributed by atoms with Crippen LogP contribution in [-0.2, 0) is 28.5 Å². The van der Waals surface area contributed by atoms with Crippen LogP contribution in [-0.4, -0.2) is 76.1 Å². The molecule has 10 heteroatoms. The smallest absolute Gasteiger partial charge is 0.416 e. The average Bonchev–Trinajstić information content (AvgIpc) is 3.12. The van der Waals surface area contributed by atoms with Crippen molar-refractivity contribution in [2.24, 2.45) is 5.92 Å². The average molecular weight is 485 g/mol. The first kappa shape index (κ1) is 27.9. The fourth-order valence-corrected chi connectivity index (χ4v) is 4.11. The van der Waals surface area contributed by atoms with Crippen molar-refractivity contribution in [3.8, 4) is 0 Å². The number of hydrogen-bond acceptors (Lipinski definition) is 8. The van der Waals surface area contributed by atoms with Crippen LogP contribution in [0.25, 0.3) is 0 Å². The van der Waals surface area contributed by atoms with E-state index in [4.69, 9.17) is 18.9 Å². The second-order valence-corrected chi connectivity index (χ2v) is 11.5. The van der Waals surface area contributed by atoms with E-state index in [0.29, 0.717) is 0 Å². The molecule has 34 heavy (non-hydrogen) atoms. The number of carbonyl (C=O) groups excluding carboxylic acids is 4. The molecule has 2 aliphatic rings. The number of cyclic esters (lactones) is 1. The van der Waals surface area contributed by atoms with Gasteiger partial charge in [0.15, 0.2) is 0 Å². The van der Waals surface area contributed by atoms with Gasteiger partial charge in [-0.05, 0) is 75.2 Å². The molecule has 1 unspecified atom stereocenters. The largest absolute Gasteiger partial charge is 0.460 e. The molecule has 10 nitrogen and oxygen atoms in total. The molecule has 0 N–H and O–H groups in total. The van der Waals surface area contributed by atoms with Crippen molar-refractivity contribution in [2.75, 3.05) is 13.2 Å². The molecule has 3 amide bonds. The zero-order valence-electron chi connectivity index (χ0n) is 21.9. The quantitative estimate of drug-likeness (QED) is 0.413. The number of rotatable bonds is 6. The summed E-state index contributed by atoms with van der Waals surface area (Å²) in [6.45, 7) is 16.2. The minimum Gasteiger partial charge on any atom is -0.460 e. The van der Waals surface area contributed by atoms with Gasteiger partial charge in [-0.3, -0.25) is 14.5 Å². The Morgan fingerprint density at radius 1 is 1.06 bits per heavy atom. The van der Waals surface area contributed by atoms with Crippen LogP contribution < -0.4 is 0 Å². The predicted molar refractivity (Wildman–Crippen MR) is 123 cm³/mol. The fourth-order valence-electron chi connectivity index (χ4n) is 4.11. The summed E-state index contributed by atoms with van der Waals surface area (Å²) in [4.78, 5) is 53.6. The molecule has 3 atom stereocenters. The molecule has 0 radical (unpaired) electrons. The van der Waals surface area contributed by atoms with E-state index in [-0.39, 0.29) is 32.5 Å². The first-order valence-corrected chi connectivity index (χ1v) is 11.8. The lowest BCUT2D eigenvalue weighted by Gasteiger charge is -2.36. The maximum absolute atomic E-state index is 13.4. The molecule has 0 aromatic heterocycles. The van der Waals surface area contributed by atoms with Gasteiger partial charge in [0.1, 0.15) is 23.5 Å². The summed E-state index contributed by atoms with van der Waals surface area (Å²) in [5.41, 5.74) is -2.30. The van der Waals surface area contributed by atoms with Crippen LogP contribution in [0.5, 0.6) is 0 Å². The number of imide groups is 1. The van der Waals surface area contributed by atoms with E-state index in [9.17, 15) is 19.2 Å². The van der Waals surface area contributed by atoms with E-state index >= 15 is 0 Å². The summed E-state index contributed by atoms with van der Waals surface area (Å²) in [6.07, 6.45) is -0.905. The Hall–Kier alpha value is -2.36. The number of hydrogen-bond donors (Lipinski definition) is 0. The van der Waals surface area contributed by atoms with Crippen LogP contribution in [0, 0.1) is 5.92 Å². The summed E-state index contributed by atoms with van der Waals surface area (Å²) in [6, 6.07) is -0.895. The van der Waals surface area contributed by atoms with Crippen molar-refractivity contribution < 1.29 is 38.1 Å². The van der Waals surface area contributed by atoms with Gasteiger partial charge in [-0.25, -0.2) is 14.5 Å². The van der Waals surface area contributed by atoms with E-state index in [1.165, 1.54) is 4.90 Å². The molecule has 194 valence electrons. The van der Waals surface area contributed by atoms with E-state index < -0.39 is 59.0 Å². The standard InChI is InChI=1S/C24H40N2O8/c1-15-13-31-20(29)25(15)19(28)16(10-11-18(27)33-22(2,3)4)12-17-14-32-24(8,9)26(17)21(30)34-23(5,6)7/h15-17H,10-14H2,1-9H3/t15-,16-,17?/m1/s1. The molecule has 0 aromatic carbocycles. The highest BCUT2D eigenvalue weighted by Gasteiger charge is 2.48. The van der Waals surface area contributed by atoms with Crippen LogP contribution in [0.2, 0.25) is 0 Å². The molecular weight excluding hydrogens is 444 g/mol. The maximum atomic E-state index is 13.4. The molecule has 0 spiro atoms. The molecule has 0 bridgehead atoms. The number of nitrogens with zero attached hydrogens (tertiary/aromatic N) is 2. The highest BCUT2D eigenvalue weighted by Crippen LogP contribution is 2.34. The maximum Gasteiger partial charge on any atom is 0.416 e. The second kappa shape index (κ2) is 10.1. The van der Waals surface area contributed by atoms with Gasteiger partial charge in [0, 0.05) is 12.3 Å². The third-order valence-corrected chi connectivity index (χ3v) is 5.51. The van der Waals surface area contributed by atoms with Crippen molar-refractivity contribution >= 4 is 24.1 Å². The monoisotopic (exact) mass is 484 g/mol. The van der Waals surface area contributed by atoms with Gasteiger partial charge in [0.2, 0.25) is 5.91 Å². The SMILES string of the molecule is C[C@@H]1COC(=O)N1C(=O)[C@H](CCC(=O)OC(C)(C)C)CC1COC(C)(C)N1C(=O)OC(C)(C)C. The minimum atomic E-state index is -0.939. The summed E-state index contributed by atoms with van der Waals surface area (Å²) in [5.74, 6) is -1.60. The number of amides is 3. The second-order valence-electron chi connectivity index (χ2n) is 11.5. The van der Waals surface area contributed by atoms with Gasteiger partial charge in [-0.1, -0.05) is 0 Å². The molecule has 0 saturated carbocycles. The van der Waals surface area contributed by atoms with Crippen LogP contribution in [0.15, 0.2) is 0 Å². The Bertz CT molecular complexity index is 796. The molecule has 0 aliphatic carbocycles. The van der Waals surface area contributed by atoms with Gasteiger partial charge in [0.05, 0.1) is 18.7 Å². The molecule has 2 fully saturated rings. The fraction of sp³-hybridized carbons (Fsp3) is 0.833. The number of esters is 1. The van der Waals surface area contributed by atoms with Crippen molar-refractivity contribution in [3.63, 3.8) is 0 Å². The van der Waals surface area contributed by atoms with Gasteiger partial charge < -0.3 is 18.9 Å². The summed E-state index contributed by atoms with van der Waals surface area (Å²) in [5, 5.41) is 0. The topological polar surface area (TPSA) is 112 Å². The van der Waals surface area contributed by atoms with Crippen molar-refractivity contribution in [1.82, 2.24) is 9.80 Å². The Morgan fingerprint density at radius 2 is 1.65 bits per heavy atom. The lowest BCUT2D eigenvalue weighted by Crippen LogP contribution is -2.51. The minimum absolute atomic E-state index is 0.00560. The summed E-state index contributed by atoms with van der Waals surface area (Å²) in [7, 11) is 0. The Morgan fingerprint density at radius 3 is 2.15 bits per heavy atom. The van der Waals surface area contributed by atoms with Gasteiger partial charge in [0.25, 0.3) is 0 Å². The molecular formula is C24H40N2O8. The Labute approximate surface area is 202 Å². The summed E-state index contributed by atoms with van der Waals surface area (Å²) < 4.78 is 21.8. The zero-order valence-corrected chi connectivity index (χ0v) is 21.9. The lowest BCUT2D eigenvalue weighted by molar-refractivity contribution is -0.155. The van der Waals surface area contributed by atoms with E-state index in [2.05, 4.69) is 0 Å². The molecule has 2 aliphatic heterocycles. The van der Waals surface area contributed by atoms with Crippen molar-refractivity contribution in [1.29, 1.82) is 0 Å². The number of carbonyl (C=O) groups is 4. The highest BCUT2D eigenvalue weighted by molar-refractivity contribution is 5.95. The third kappa shape index (κ3) is 7.32. The zero-order chi connectivity index (χ0) is 26.1. The first-order chi connectivity index (χ1) is 15.4. The predicted octanol–water partition coefficient (Wildman–Crippen LogP) is 3.85. The van der Waals surface area contributed by atoms with Crippen LogP contribution >= 0.6 is 0 Å². The molecule has 2 heterocycles. The summed E-state index contributed by atoms with van der Waals surface area (Å²) >= 11 is 0. The Balaban J connectivity index is 2.25. The van der Waals surface area contributed by atoms with Gasteiger partial charge in [-0.2, -0.15) is 0 Å². The van der Waals surface area contributed by atoms with Crippen LogP contribution in [0.4, 0.5) is 9.59 Å².